The van der Waals surface area contributed by atoms with Gasteiger partial charge in [-0.3, -0.25) is 14.3 Å². The van der Waals surface area contributed by atoms with Crippen molar-refractivity contribution in [2.45, 2.75) is 205 Å². The molecule has 8 rings (SSSR count). The van der Waals surface area contributed by atoms with E-state index in [1.807, 2.05) is 0 Å². The molecule has 2 saturated carbocycles. The third-order valence-electron chi connectivity index (χ3n) is 16.8. The van der Waals surface area contributed by atoms with Gasteiger partial charge in [0.1, 0.15) is 67.0 Å². The number of nitrogens with zero attached hydrogens (tertiary/aromatic N) is 3. The second-order valence-electron chi connectivity index (χ2n) is 23.0. The fourth-order valence-corrected chi connectivity index (χ4v) is 14.0. The Morgan fingerprint density at radius 1 is 0.755 bits per heavy atom. The number of carbonyl (C=O) groups is 4. The Morgan fingerprint density at radius 3 is 2.03 bits per heavy atom. The zero-order valence-electron chi connectivity index (χ0n) is 53.0. The zero-order chi connectivity index (χ0) is 65.4. The predicted molar refractivity (Wildman–Crippen MR) is 303 cm³/mol. The number of nitrogens with one attached hydrogen (secondary N) is 2. The van der Waals surface area contributed by atoms with Gasteiger partial charge in [0, 0.05) is 37.0 Å². The number of aromatic nitrogens is 3. The maximum absolute atomic E-state index is 14.3. The molecule has 94 heavy (non-hydrogen) atoms. The van der Waals surface area contributed by atoms with E-state index in [0.717, 1.165) is 32.1 Å². The molecule has 2 amide bonds. The molecule has 30 nitrogen and oxygen atoms in total. The number of carboxylic acids is 1. The Hall–Kier alpha value is -1.73. The van der Waals surface area contributed by atoms with E-state index in [1.165, 1.54) is 23.7 Å². The predicted octanol–water partition coefficient (Wildman–Crippen LogP) is -12.2. The SMILES string of the molecule is CC[C@H]1C(C(=O)NCCCc2cn(CCCCC(=O)Nc3cc(S(=O)(=O)[O-])cc4cc(S(=O)(=O)[O-])cc(S(=O)(=O)[O-])c34)nn2)CC[C@@H](O[C@@H]2O[C@H](CO)[C@H](O)[C@H](O[C@@H](CC3CCCCC3)C(=O)[O-])[C@H]2OC(=O)c2ccccc2)[C@@H]1O[C@@H]1O[C@@H](C)[C@@H](O)[C@@H](O)[C@@H]1O.[Na+].[Na+].[Na+].[Na+]. The summed E-state index contributed by atoms with van der Waals surface area (Å²) in [5.74, 6) is -5.28. The van der Waals surface area contributed by atoms with Gasteiger partial charge in [-0.1, -0.05) is 62.4 Å². The number of aliphatic hydroxyl groups is 5. The van der Waals surface area contributed by atoms with E-state index in [2.05, 4.69) is 20.9 Å². The molecule has 4 fully saturated rings. The van der Waals surface area contributed by atoms with Crippen molar-refractivity contribution < 1.29 is 235 Å². The van der Waals surface area contributed by atoms with Crippen LogP contribution in [0.5, 0.6) is 0 Å². The third-order valence-corrected chi connectivity index (χ3v) is 19.3. The average Bonchev–Trinajstić information content (AvgIpc) is 0.825. The van der Waals surface area contributed by atoms with Gasteiger partial charge in [0.15, 0.2) is 18.7 Å². The summed E-state index contributed by atoms with van der Waals surface area (Å²) in [7, 11) is -16.3. The summed E-state index contributed by atoms with van der Waals surface area (Å²) in [5, 5.41) is 79.9. The minimum Gasteiger partial charge on any atom is -0.744 e. The summed E-state index contributed by atoms with van der Waals surface area (Å²) in [6.45, 7) is 2.79. The number of fused-ring (bicyclic) bond motifs is 1. The second kappa shape index (κ2) is 37.8. The summed E-state index contributed by atoms with van der Waals surface area (Å²) in [6, 6.07) is 9.77. The number of rotatable bonds is 27. The molecular formula is C57H73N5Na4O25S3. The van der Waals surface area contributed by atoms with E-state index in [0.29, 0.717) is 43.2 Å². The summed E-state index contributed by atoms with van der Waals surface area (Å²) in [6.07, 6.45) is -12.7. The molecule has 2 aliphatic carbocycles. The first-order chi connectivity index (χ1) is 42.6. The van der Waals surface area contributed by atoms with Crippen molar-refractivity contribution in [3.8, 4) is 0 Å². The van der Waals surface area contributed by atoms with Crippen molar-refractivity contribution >= 4 is 70.6 Å². The minimum absolute atomic E-state index is 0. The number of esters is 1. The van der Waals surface area contributed by atoms with Gasteiger partial charge in [-0.15, -0.1) is 5.10 Å². The van der Waals surface area contributed by atoms with Crippen LogP contribution in [0.4, 0.5) is 5.69 Å². The first-order valence-electron chi connectivity index (χ1n) is 29.6. The maximum Gasteiger partial charge on any atom is 1.00 e. The third kappa shape index (κ3) is 22.1. The molecule has 4 aromatic rings. The molecule has 37 heteroatoms. The molecule has 0 spiro atoms. The van der Waals surface area contributed by atoms with Crippen molar-refractivity contribution in [1.29, 1.82) is 0 Å². The molecule has 0 bridgehead atoms. The number of benzene rings is 3. The van der Waals surface area contributed by atoms with Gasteiger partial charge in [-0.2, -0.15) is 0 Å². The van der Waals surface area contributed by atoms with Crippen LogP contribution < -0.4 is 134 Å². The fraction of sp³-hybridized carbons (Fsp3) is 0.614. The van der Waals surface area contributed by atoms with E-state index in [4.69, 9.17) is 28.4 Å². The number of hydrogen-bond acceptors (Lipinski definition) is 27. The van der Waals surface area contributed by atoms with E-state index in [9.17, 15) is 88.7 Å². The Bertz CT molecular complexity index is 3520. The van der Waals surface area contributed by atoms with Crippen molar-refractivity contribution in [3.63, 3.8) is 0 Å². The summed E-state index contributed by atoms with van der Waals surface area (Å²) >= 11 is 0. The molecule has 15 atom stereocenters. The van der Waals surface area contributed by atoms with Crippen LogP contribution in [0.1, 0.15) is 113 Å². The standard InChI is InChI=1S/C57H77N5O25S3.4Na/c1-3-37-38(53(69)58-21-12-17-34-28-62(61-60-34)22-11-10-18-44(64)59-39-26-35(88(73,74)75)24-33-25-36(89(76,77)78)27-43(45(33)39)90(79,80)81)19-20-40(50(37)87-56-49(68)48(67)46(65)30(2)82-56)84-57-52(86-55(72)32-15-8-5-9-16-32)51(47(66)42(29-63)85-57)83-41(54(70)71)23-31-13-6-4-7-14-31;;;;/h5,8-9,15-16,24-28,30-31,37-38,40-42,46-52,56-57,63,65-68H,3-4,6-7,10-14,17-23,29H2,1-2H3,(H,58,69)(H,59,64)(H,70,71)(H,73,74,75)(H,76,77,78)(H,79,80,81);;;;/q;4*+1/p-4/t30-,37-,38?,40+,41-,42+,46+,47-,48+,49-,50+,51-,52+,56-,57+;;;;/m0..../s1. The molecule has 498 valence electrons. The fourth-order valence-electron chi connectivity index (χ4n) is 12.1. The van der Waals surface area contributed by atoms with E-state index < -0.39 is 183 Å². The van der Waals surface area contributed by atoms with Gasteiger partial charge in [-0.05, 0) is 112 Å². The van der Waals surface area contributed by atoms with Crippen LogP contribution in [-0.4, -0.2) is 196 Å². The zero-order valence-corrected chi connectivity index (χ0v) is 63.4. The van der Waals surface area contributed by atoms with Crippen molar-refractivity contribution in [3.05, 3.63) is 72.1 Å². The van der Waals surface area contributed by atoms with Crippen LogP contribution in [0.2, 0.25) is 0 Å². The Balaban J connectivity index is 0.00000470. The van der Waals surface area contributed by atoms with Crippen molar-refractivity contribution in [2.24, 2.45) is 17.8 Å². The summed E-state index contributed by atoms with van der Waals surface area (Å²) in [5.41, 5.74) is -0.0170. The summed E-state index contributed by atoms with van der Waals surface area (Å²) < 4.78 is 147. The quantitative estimate of drug-likeness (QED) is 0.0126. The molecule has 3 heterocycles. The number of ether oxygens (including phenoxy) is 6. The second-order valence-corrected chi connectivity index (χ2v) is 27.1. The van der Waals surface area contributed by atoms with E-state index in [1.54, 1.807) is 31.3 Å². The molecule has 2 aliphatic heterocycles. The molecule has 4 aliphatic rings. The van der Waals surface area contributed by atoms with Crippen molar-refractivity contribution in [1.82, 2.24) is 20.3 Å². The molecule has 3 aromatic carbocycles. The average molecular weight is 1420 g/mol. The molecule has 1 unspecified atom stereocenters. The van der Waals surface area contributed by atoms with Gasteiger partial charge < -0.3 is 88.1 Å². The molecule has 2 saturated heterocycles. The molecule has 0 radical (unpaired) electrons. The minimum atomic E-state index is -5.56. The monoisotopic (exact) mass is 1420 g/mol. The van der Waals surface area contributed by atoms with Gasteiger partial charge in [-0.25, -0.2) is 30.0 Å². The first-order valence-corrected chi connectivity index (χ1v) is 33.8. The van der Waals surface area contributed by atoms with Gasteiger partial charge in [0.25, 0.3) is 0 Å². The normalized spacial score (nSPS) is 27.0. The van der Waals surface area contributed by atoms with Gasteiger partial charge in [0.05, 0.1) is 68.6 Å². The van der Waals surface area contributed by atoms with E-state index in [-0.39, 0.29) is 187 Å². The number of aryl methyl sites for hydroxylation is 2. The Labute approximate surface area is 632 Å². The number of hydrogen-bond donors (Lipinski definition) is 7. The van der Waals surface area contributed by atoms with Crippen molar-refractivity contribution in [2.75, 3.05) is 18.5 Å². The van der Waals surface area contributed by atoms with Crippen LogP contribution >= 0.6 is 0 Å². The molecule has 1 aromatic heterocycles. The van der Waals surface area contributed by atoms with Crippen LogP contribution in [0, 0.1) is 17.8 Å². The number of anilines is 1. The van der Waals surface area contributed by atoms with Gasteiger partial charge in [0.2, 0.25) is 11.8 Å². The first kappa shape index (κ1) is 84.7. The Morgan fingerprint density at radius 2 is 1.41 bits per heavy atom. The summed E-state index contributed by atoms with van der Waals surface area (Å²) in [4.78, 5) is 50.5. The van der Waals surface area contributed by atoms with E-state index >= 15 is 0 Å². The number of amides is 2. The van der Waals surface area contributed by atoms with Crippen LogP contribution in [0.15, 0.2) is 75.5 Å². The number of carbonyl (C=O) groups excluding carboxylic acids is 4. The maximum atomic E-state index is 14.3. The smallest absolute Gasteiger partial charge is 0.744 e. The molecule has 7 N–H and O–H groups in total. The van der Waals surface area contributed by atoms with Crippen LogP contribution in [0.25, 0.3) is 10.8 Å². The topological polar surface area (TPSA) is 474 Å². The van der Waals surface area contributed by atoms with Crippen LogP contribution in [-0.2, 0) is 86.1 Å². The Kier molecular flexibility index (Phi) is 34.1. The molecular weight excluding hydrogens is 1340 g/mol. The largest absolute Gasteiger partial charge is 1.00 e. The van der Waals surface area contributed by atoms with Crippen LogP contribution in [0.3, 0.4) is 0 Å². The van der Waals surface area contributed by atoms with Gasteiger partial charge >= 0.3 is 124 Å². The number of aliphatic hydroxyl groups excluding tert-OH is 5. The number of aliphatic carboxylic acids is 1. The number of unbranched alkanes of at least 4 members (excludes halogenated alkanes) is 1. The number of carboxylic acid groups (broad SMARTS) is 1.